The van der Waals surface area contributed by atoms with Crippen LogP contribution in [0.4, 0.5) is 34.1 Å². The maximum Gasteiger partial charge on any atom is 0.0467 e. The van der Waals surface area contributed by atoms with Crippen molar-refractivity contribution in [2.24, 2.45) is 0 Å². The fourth-order valence-electron chi connectivity index (χ4n) is 12.0. The third-order valence-corrected chi connectivity index (χ3v) is 15.2. The molecule has 356 valence electrons. The van der Waals surface area contributed by atoms with E-state index in [0.29, 0.717) is 0 Å². The Bertz CT molecular complexity index is 3970. The monoisotopic (exact) mass is 966 g/mol. The van der Waals surface area contributed by atoms with Crippen molar-refractivity contribution < 1.29 is 0 Å². The standard InChI is InChI=1S/C74H50N2/c1-5-27-53(28-6-1)75(54-29-7-2-8-30-54)57-35-21-25-51(49-57)71-63-37-13-17-41-67(63)73(68-42-18-14-38-64(68)71)61-47-23-46-60-59(61)45-24-48-62(60)74-69-43-19-15-39-65(69)72(66-40-16-20-44-70(66)74)52-26-22-36-58(50-52)76(55-31-9-3-10-32-55)56-33-11-4-12-34-56/h1-50H. The Labute approximate surface area is 443 Å². The van der Waals surface area contributed by atoms with Gasteiger partial charge in [0.25, 0.3) is 0 Å². The summed E-state index contributed by atoms with van der Waals surface area (Å²) in [5.74, 6) is 0. The lowest BCUT2D eigenvalue weighted by molar-refractivity contribution is 1.28. The average molecular weight is 967 g/mol. The van der Waals surface area contributed by atoms with Gasteiger partial charge < -0.3 is 9.80 Å². The number of benzene rings is 14. The van der Waals surface area contributed by atoms with Crippen molar-refractivity contribution >= 4 is 88.0 Å². The molecule has 14 rings (SSSR count). The van der Waals surface area contributed by atoms with Crippen molar-refractivity contribution in [3.8, 4) is 44.5 Å². The molecule has 0 spiro atoms. The zero-order chi connectivity index (χ0) is 50.4. The van der Waals surface area contributed by atoms with Gasteiger partial charge in [-0.25, -0.2) is 0 Å². The minimum atomic E-state index is 1.10. The second-order valence-corrected chi connectivity index (χ2v) is 19.5. The van der Waals surface area contributed by atoms with Crippen LogP contribution in [0.5, 0.6) is 0 Å². The third kappa shape index (κ3) is 7.66. The molecule has 76 heavy (non-hydrogen) atoms. The maximum atomic E-state index is 2.36. The van der Waals surface area contributed by atoms with Crippen LogP contribution in [0.2, 0.25) is 0 Å². The number of rotatable bonds is 10. The van der Waals surface area contributed by atoms with Crippen LogP contribution in [-0.4, -0.2) is 0 Å². The first-order valence-electron chi connectivity index (χ1n) is 26.2. The van der Waals surface area contributed by atoms with Crippen molar-refractivity contribution in [1.29, 1.82) is 0 Å². The molecule has 0 aromatic heterocycles. The molecule has 14 aromatic rings. The Morgan fingerprint density at radius 3 is 0.671 bits per heavy atom. The molecular weight excluding hydrogens is 917 g/mol. The third-order valence-electron chi connectivity index (χ3n) is 15.2. The smallest absolute Gasteiger partial charge is 0.0467 e. The molecule has 2 heteroatoms. The molecule has 0 amide bonds. The summed E-state index contributed by atoms with van der Waals surface area (Å²) in [5, 5.41) is 12.2. The summed E-state index contributed by atoms with van der Waals surface area (Å²) in [6.07, 6.45) is 0. The van der Waals surface area contributed by atoms with Crippen LogP contribution < -0.4 is 9.80 Å². The van der Waals surface area contributed by atoms with Crippen molar-refractivity contribution in [2.45, 2.75) is 0 Å². The van der Waals surface area contributed by atoms with E-state index in [2.05, 4.69) is 313 Å². The molecule has 0 aliphatic rings. The lowest BCUT2D eigenvalue weighted by Crippen LogP contribution is -2.09. The molecule has 0 N–H and O–H groups in total. The van der Waals surface area contributed by atoms with Crippen LogP contribution in [0, 0.1) is 0 Å². The molecule has 14 aromatic carbocycles. The zero-order valence-electron chi connectivity index (χ0n) is 41.8. The lowest BCUT2D eigenvalue weighted by Gasteiger charge is -2.26. The van der Waals surface area contributed by atoms with E-state index >= 15 is 0 Å². The van der Waals surface area contributed by atoms with E-state index in [9.17, 15) is 0 Å². The van der Waals surface area contributed by atoms with Gasteiger partial charge in [0.05, 0.1) is 0 Å². The minimum absolute atomic E-state index is 1.10. The highest BCUT2D eigenvalue weighted by atomic mass is 15.1. The number of hydrogen-bond donors (Lipinski definition) is 0. The molecule has 0 heterocycles. The van der Waals surface area contributed by atoms with Crippen LogP contribution in [-0.2, 0) is 0 Å². The molecule has 0 radical (unpaired) electrons. The number of para-hydroxylation sites is 4. The van der Waals surface area contributed by atoms with Crippen molar-refractivity contribution in [3.05, 3.63) is 303 Å². The highest BCUT2D eigenvalue weighted by Gasteiger charge is 2.23. The summed E-state index contributed by atoms with van der Waals surface area (Å²) >= 11 is 0. The number of hydrogen-bond acceptors (Lipinski definition) is 2. The second-order valence-electron chi connectivity index (χ2n) is 19.5. The van der Waals surface area contributed by atoms with Gasteiger partial charge in [0, 0.05) is 34.1 Å². The Kier molecular flexibility index (Phi) is 11.2. The van der Waals surface area contributed by atoms with Gasteiger partial charge in [-0.3, -0.25) is 0 Å². The first kappa shape index (κ1) is 44.7. The molecule has 2 nitrogen and oxygen atoms in total. The normalized spacial score (nSPS) is 11.4. The highest BCUT2D eigenvalue weighted by Crippen LogP contribution is 2.50. The minimum Gasteiger partial charge on any atom is -0.310 e. The Balaban J connectivity index is 0.951. The molecule has 0 atom stereocenters. The fraction of sp³-hybridized carbons (Fsp3) is 0. The Hall–Kier alpha value is -10.0. The molecule has 0 aliphatic heterocycles. The Morgan fingerprint density at radius 1 is 0.158 bits per heavy atom. The first-order chi connectivity index (χ1) is 37.8. The largest absolute Gasteiger partial charge is 0.310 e. The topological polar surface area (TPSA) is 6.48 Å². The summed E-state index contributed by atoms with van der Waals surface area (Å²) < 4.78 is 0. The quantitative estimate of drug-likeness (QED) is 0.126. The Morgan fingerprint density at radius 2 is 0.382 bits per heavy atom. The first-order valence-corrected chi connectivity index (χ1v) is 26.2. The predicted molar refractivity (Wildman–Crippen MR) is 325 cm³/mol. The molecule has 0 unspecified atom stereocenters. The number of fused-ring (bicyclic) bond motifs is 5. The summed E-state index contributed by atoms with van der Waals surface area (Å²) in [4.78, 5) is 4.69. The zero-order valence-corrected chi connectivity index (χ0v) is 41.8. The SMILES string of the molecule is c1ccc(N(c2ccccc2)c2cccc(-c3c4ccccc4c(-c4cccc5c(-c6c7ccccc7c(-c7cccc(N(c8ccccc8)c8ccccc8)c7)c7ccccc67)cccc45)c4ccccc34)c2)cc1. The van der Waals surface area contributed by atoms with Gasteiger partial charge in [-0.05, 0) is 171 Å². The summed E-state index contributed by atoms with van der Waals surface area (Å²) in [6.45, 7) is 0. The van der Waals surface area contributed by atoms with Gasteiger partial charge in [-0.15, -0.1) is 0 Å². The van der Waals surface area contributed by atoms with Crippen LogP contribution in [0.25, 0.3) is 98.4 Å². The summed E-state index contributed by atoms with van der Waals surface area (Å²) in [6, 6.07) is 111. The summed E-state index contributed by atoms with van der Waals surface area (Å²) in [7, 11) is 0. The van der Waals surface area contributed by atoms with E-state index in [1.165, 1.54) is 98.4 Å². The molecule has 0 saturated carbocycles. The van der Waals surface area contributed by atoms with Crippen LogP contribution >= 0.6 is 0 Å². The molecule has 0 saturated heterocycles. The van der Waals surface area contributed by atoms with E-state index < -0.39 is 0 Å². The van der Waals surface area contributed by atoms with Crippen LogP contribution in [0.15, 0.2) is 303 Å². The van der Waals surface area contributed by atoms with Crippen molar-refractivity contribution in [3.63, 3.8) is 0 Å². The molecule has 0 aliphatic carbocycles. The second kappa shape index (κ2) is 19.1. The van der Waals surface area contributed by atoms with Crippen LogP contribution in [0.3, 0.4) is 0 Å². The van der Waals surface area contributed by atoms with E-state index in [1.54, 1.807) is 0 Å². The maximum absolute atomic E-state index is 2.36. The van der Waals surface area contributed by atoms with Crippen molar-refractivity contribution in [1.82, 2.24) is 0 Å². The molecule has 0 fully saturated rings. The van der Waals surface area contributed by atoms with Gasteiger partial charge in [0.1, 0.15) is 0 Å². The number of anilines is 6. The van der Waals surface area contributed by atoms with E-state index in [0.717, 1.165) is 34.1 Å². The van der Waals surface area contributed by atoms with Gasteiger partial charge in [-0.2, -0.15) is 0 Å². The number of nitrogens with zero attached hydrogens (tertiary/aromatic N) is 2. The van der Waals surface area contributed by atoms with Crippen LogP contribution in [0.1, 0.15) is 0 Å². The van der Waals surface area contributed by atoms with E-state index in [1.807, 2.05) is 0 Å². The van der Waals surface area contributed by atoms with E-state index in [4.69, 9.17) is 0 Å². The van der Waals surface area contributed by atoms with Crippen molar-refractivity contribution in [2.75, 3.05) is 9.80 Å². The van der Waals surface area contributed by atoms with Gasteiger partial charge >= 0.3 is 0 Å². The highest BCUT2D eigenvalue weighted by molar-refractivity contribution is 6.27. The molecule has 0 bridgehead atoms. The molecular formula is C74H50N2. The fourth-order valence-corrected chi connectivity index (χ4v) is 12.0. The van der Waals surface area contributed by atoms with Gasteiger partial charge in [0.2, 0.25) is 0 Å². The average Bonchev–Trinajstić information content (AvgIpc) is 3.58. The van der Waals surface area contributed by atoms with Gasteiger partial charge in [0.15, 0.2) is 0 Å². The lowest BCUT2D eigenvalue weighted by atomic mass is 9.82. The summed E-state index contributed by atoms with van der Waals surface area (Å²) in [5.41, 5.74) is 16.4. The predicted octanol–water partition coefficient (Wildman–Crippen LogP) is 21.1. The van der Waals surface area contributed by atoms with E-state index in [-0.39, 0.29) is 0 Å². The van der Waals surface area contributed by atoms with Gasteiger partial charge in [-0.1, -0.05) is 231 Å².